The molecular weight excluding hydrogens is 316 g/mol. The van der Waals surface area contributed by atoms with Crippen molar-refractivity contribution in [1.29, 1.82) is 0 Å². The van der Waals surface area contributed by atoms with Gasteiger partial charge in [0.2, 0.25) is 0 Å². The van der Waals surface area contributed by atoms with Crippen LogP contribution in [0.2, 0.25) is 0 Å². The predicted molar refractivity (Wildman–Crippen MR) is 81.3 cm³/mol. The second-order valence-electron chi connectivity index (χ2n) is 3.88. The molecule has 0 fully saturated rings. The molecule has 0 aromatic carbocycles. The van der Waals surface area contributed by atoms with Crippen molar-refractivity contribution in [3.63, 3.8) is 0 Å². The standard InChI is InChI=1S/C11H10.2C3H4O2.Ti/c1-2-6-10(5-1)9-11-7-3-4-8-11;2*1-2-3(4)5;/h1,3,5,7H,2,4,9H2;2*2H,1H2,(H,4,5);/q-2;;;+2. The van der Waals surface area contributed by atoms with Crippen LogP contribution in [-0.2, 0) is 31.3 Å². The van der Waals surface area contributed by atoms with E-state index in [1.165, 1.54) is 11.1 Å². The molecule has 0 bridgehead atoms. The van der Waals surface area contributed by atoms with Crippen LogP contribution in [0.25, 0.3) is 0 Å². The molecule has 0 aromatic rings. The molecule has 5 heteroatoms. The second-order valence-corrected chi connectivity index (χ2v) is 3.88. The molecule has 0 unspecified atom stereocenters. The van der Waals surface area contributed by atoms with Gasteiger partial charge in [-0.1, -0.05) is 19.6 Å². The van der Waals surface area contributed by atoms with Crippen molar-refractivity contribution in [3.8, 4) is 0 Å². The van der Waals surface area contributed by atoms with Gasteiger partial charge in [-0.05, 0) is 0 Å². The molecule has 2 rings (SSSR count). The molecule has 0 amide bonds. The number of carboxylic acid groups (broad SMARTS) is 2. The molecule has 4 nitrogen and oxygen atoms in total. The summed E-state index contributed by atoms with van der Waals surface area (Å²) in [5.41, 5.74) is 2.64. The van der Waals surface area contributed by atoms with Crippen LogP contribution in [0.4, 0.5) is 0 Å². The fourth-order valence-corrected chi connectivity index (χ4v) is 1.35. The Morgan fingerprint density at radius 1 is 1.00 bits per heavy atom. The van der Waals surface area contributed by atoms with E-state index in [0.717, 1.165) is 31.4 Å². The van der Waals surface area contributed by atoms with Crippen LogP contribution in [0.15, 0.2) is 60.8 Å². The Kier molecular flexibility index (Phi) is 14.3. The van der Waals surface area contributed by atoms with Crippen molar-refractivity contribution in [2.75, 3.05) is 0 Å². The first kappa shape index (κ1) is 22.4. The summed E-state index contributed by atoms with van der Waals surface area (Å²) in [5.74, 6) is -1.96. The second kappa shape index (κ2) is 14.0. The summed E-state index contributed by atoms with van der Waals surface area (Å²) in [4.78, 5) is 18.5. The minimum atomic E-state index is -0.981. The van der Waals surface area contributed by atoms with Crippen LogP contribution in [0.3, 0.4) is 0 Å². The summed E-state index contributed by atoms with van der Waals surface area (Å²) in [5, 5.41) is 15.2. The topological polar surface area (TPSA) is 74.6 Å². The van der Waals surface area contributed by atoms with E-state index in [-0.39, 0.29) is 21.7 Å². The number of carbonyl (C=O) groups is 2. The molecule has 0 saturated heterocycles. The smallest absolute Gasteiger partial charge is 0.478 e. The van der Waals surface area contributed by atoms with Crippen LogP contribution in [0, 0.1) is 12.2 Å². The minimum absolute atomic E-state index is 0. The minimum Gasteiger partial charge on any atom is -0.478 e. The normalized spacial score (nSPS) is 13.3. The third-order valence-electron chi connectivity index (χ3n) is 2.26. The van der Waals surface area contributed by atoms with Crippen LogP contribution in [0.5, 0.6) is 0 Å². The zero-order valence-corrected chi connectivity index (χ0v) is 13.8. The van der Waals surface area contributed by atoms with E-state index in [9.17, 15) is 9.59 Å². The van der Waals surface area contributed by atoms with Gasteiger partial charge in [0.05, 0.1) is 0 Å². The Balaban J connectivity index is 0. The van der Waals surface area contributed by atoms with Crippen LogP contribution in [0.1, 0.15) is 19.3 Å². The van der Waals surface area contributed by atoms with Crippen molar-refractivity contribution < 1.29 is 41.5 Å². The van der Waals surface area contributed by atoms with Gasteiger partial charge in [-0.25, -0.2) is 32.9 Å². The molecule has 2 aliphatic rings. The van der Waals surface area contributed by atoms with Crippen LogP contribution >= 0.6 is 0 Å². The Morgan fingerprint density at radius 2 is 1.32 bits per heavy atom. The van der Waals surface area contributed by atoms with Crippen LogP contribution < -0.4 is 0 Å². The van der Waals surface area contributed by atoms with E-state index < -0.39 is 11.9 Å². The number of hydrogen-bond donors (Lipinski definition) is 2. The van der Waals surface area contributed by atoms with Gasteiger partial charge in [-0.15, -0.1) is 12.8 Å². The molecule has 0 spiro atoms. The Labute approximate surface area is 145 Å². The fourth-order valence-electron chi connectivity index (χ4n) is 1.35. The maximum absolute atomic E-state index is 9.25. The summed E-state index contributed by atoms with van der Waals surface area (Å²) in [7, 11) is 0. The van der Waals surface area contributed by atoms with Crippen molar-refractivity contribution in [2.24, 2.45) is 0 Å². The summed E-state index contributed by atoms with van der Waals surface area (Å²) < 4.78 is 0. The van der Waals surface area contributed by atoms with E-state index in [2.05, 4.69) is 49.6 Å². The zero-order valence-electron chi connectivity index (χ0n) is 12.2. The van der Waals surface area contributed by atoms with E-state index in [4.69, 9.17) is 10.2 Å². The van der Waals surface area contributed by atoms with Crippen LogP contribution in [-0.4, -0.2) is 22.2 Å². The first-order valence-electron chi connectivity index (χ1n) is 6.22. The Morgan fingerprint density at radius 3 is 1.50 bits per heavy atom. The number of aliphatic carboxylic acids is 2. The molecule has 2 aliphatic carbocycles. The molecular formula is C17H18O4Ti. The molecule has 0 heterocycles. The molecule has 114 valence electrons. The Hall–Kier alpha value is -1.91. The SMILES string of the molecule is C=CC(=O)O.C=CC(=O)O.[C-]1=C(CC2=[C-]CC=C2)C=CC1.[Ti+2]. The molecule has 0 saturated carbocycles. The summed E-state index contributed by atoms with van der Waals surface area (Å²) >= 11 is 0. The van der Waals surface area contributed by atoms with Gasteiger partial charge >= 0.3 is 33.7 Å². The number of carboxylic acids is 2. The van der Waals surface area contributed by atoms with Gasteiger partial charge in [0, 0.05) is 12.2 Å². The van der Waals surface area contributed by atoms with Gasteiger partial charge in [-0.2, -0.15) is 12.2 Å². The first-order chi connectivity index (χ1) is 9.99. The van der Waals surface area contributed by atoms with Crippen molar-refractivity contribution in [2.45, 2.75) is 19.3 Å². The van der Waals surface area contributed by atoms with E-state index >= 15 is 0 Å². The van der Waals surface area contributed by atoms with E-state index in [1.807, 2.05) is 0 Å². The number of rotatable bonds is 4. The molecule has 0 aliphatic heterocycles. The summed E-state index contributed by atoms with van der Waals surface area (Å²) in [6, 6.07) is 0. The largest absolute Gasteiger partial charge is 2.00 e. The molecule has 0 atom stereocenters. The molecule has 0 aromatic heterocycles. The third kappa shape index (κ3) is 13.1. The maximum Gasteiger partial charge on any atom is 2.00 e. The van der Waals surface area contributed by atoms with Crippen molar-refractivity contribution in [1.82, 2.24) is 0 Å². The monoisotopic (exact) mass is 334 g/mol. The summed E-state index contributed by atoms with van der Waals surface area (Å²) in [6.07, 6.45) is 19.9. The quantitative estimate of drug-likeness (QED) is 0.470. The van der Waals surface area contributed by atoms with E-state index in [0.29, 0.717) is 0 Å². The van der Waals surface area contributed by atoms with Gasteiger partial charge in [0.1, 0.15) is 0 Å². The molecule has 22 heavy (non-hydrogen) atoms. The number of hydrogen-bond acceptors (Lipinski definition) is 2. The molecule has 0 radical (unpaired) electrons. The molecule has 2 N–H and O–H groups in total. The summed E-state index contributed by atoms with van der Waals surface area (Å²) in [6.45, 7) is 5.92. The van der Waals surface area contributed by atoms with E-state index in [1.54, 1.807) is 0 Å². The average molecular weight is 334 g/mol. The zero-order chi connectivity index (χ0) is 16.1. The Bertz CT molecular complexity index is 465. The van der Waals surface area contributed by atoms with Crippen molar-refractivity contribution in [3.05, 3.63) is 72.9 Å². The first-order valence-corrected chi connectivity index (χ1v) is 6.22. The van der Waals surface area contributed by atoms with Gasteiger partial charge < -0.3 is 10.2 Å². The van der Waals surface area contributed by atoms with Crippen molar-refractivity contribution >= 4 is 11.9 Å². The average Bonchev–Trinajstić information content (AvgIpc) is 3.14. The van der Waals surface area contributed by atoms with Gasteiger partial charge in [0.15, 0.2) is 0 Å². The fraction of sp³-hybridized carbons (Fsp3) is 0.176. The van der Waals surface area contributed by atoms with Gasteiger partial charge in [0.25, 0.3) is 0 Å². The predicted octanol–water partition coefficient (Wildman–Crippen LogP) is 3.27. The number of allylic oxidation sites excluding steroid dienone is 8. The van der Waals surface area contributed by atoms with Gasteiger partial charge in [-0.3, -0.25) is 12.2 Å². The maximum atomic E-state index is 9.25. The third-order valence-corrected chi connectivity index (χ3v) is 2.26.